The first kappa shape index (κ1) is 16.7. The van der Waals surface area contributed by atoms with Crippen molar-refractivity contribution in [2.45, 2.75) is 62.8 Å². The molecule has 2 saturated heterocycles. The number of amides is 1. The number of fused-ring (bicyclic) bond motifs is 1. The number of carbonyl (C=O) groups excluding carboxylic acids is 1. The highest BCUT2D eigenvalue weighted by Crippen LogP contribution is 2.42. The van der Waals surface area contributed by atoms with E-state index in [-0.39, 0.29) is 34.4 Å². The van der Waals surface area contributed by atoms with Gasteiger partial charge in [0.05, 0.1) is 19.2 Å². The second-order valence-electron chi connectivity index (χ2n) is 7.73. The van der Waals surface area contributed by atoms with Crippen LogP contribution >= 0.6 is 0 Å². The molecule has 2 aromatic heterocycles. The van der Waals surface area contributed by atoms with Gasteiger partial charge in [0.2, 0.25) is 0 Å². The number of rotatable bonds is 2. The largest absolute Gasteiger partial charge is 0.348 e. The maximum Gasteiger partial charge on any atom is 0.267 e. The Labute approximate surface area is 146 Å². The van der Waals surface area contributed by atoms with Gasteiger partial charge in [0, 0.05) is 6.04 Å². The van der Waals surface area contributed by atoms with E-state index in [2.05, 4.69) is 15.3 Å². The predicted molar refractivity (Wildman–Crippen MR) is 95.5 cm³/mol. The molecule has 1 amide bonds. The third-order valence-corrected chi connectivity index (χ3v) is 11.6. The molecule has 2 fully saturated rings. The van der Waals surface area contributed by atoms with Crippen molar-refractivity contribution >= 4 is 25.0 Å². The summed E-state index contributed by atoms with van der Waals surface area (Å²) < 4.78 is 27.6. The summed E-state index contributed by atoms with van der Waals surface area (Å²) in [5.41, 5.74) is 0.435. The number of H-pyrrole nitrogens is 1. The molecule has 1 spiro atoms. The highest BCUT2D eigenvalue weighted by molar-refractivity contribution is 6.80. The molecule has 0 aliphatic carbocycles. The highest BCUT2D eigenvalue weighted by Gasteiger charge is 2.39. The van der Waals surface area contributed by atoms with E-state index in [1.807, 2.05) is 0 Å². The van der Waals surface area contributed by atoms with Gasteiger partial charge in [-0.05, 0) is 25.8 Å². The van der Waals surface area contributed by atoms with Crippen molar-refractivity contribution in [2.24, 2.45) is 0 Å². The number of carbonyl (C=O) groups is 1. The number of nitrogens with zero attached hydrogens (tertiary/aromatic N) is 1. The molecule has 25 heavy (non-hydrogen) atoms. The predicted octanol–water partition coefficient (Wildman–Crippen LogP) is 4.28. The molecular formula is C18H23F2N3OSi. The second-order valence-corrected chi connectivity index (χ2v) is 12.7. The van der Waals surface area contributed by atoms with Gasteiger partial charge >= 0.3 is 0 Å². The summed E-state index contributed by atoms with van der Waals surface area (Å²) in [6, 6.07) is 7.09. The smallest absolute Gasteiger partial charge is 0.267 e. The van der Waals surface area contributed by atoms with Crippen LogP contribution in [0, 0.1) is 18.6 Å². The van der Waals surface area contributed by atoms with Gasteiger partial charge in [0.15, 0.2) is 11.6 Å². The summed E-state index contributed by atoms with van der Waals surface area (Å²) in [6.45, 7) is 1.41. The average Bonchev–Trinajstić information content (AvgIpc) is 3.23. The molecule has 0 saturated carbocycles. The van der Waals surface area contributed by atoms with E-state index < -0.39 is 19.7 Å². The lowest BCUT2D eigenvalue weighted by atomic mass is 10.1. The van der Waals surface area contributed by atoms with Crippen molar-refractivity contribution in [2.75, 3.05) is 0 Å². The lowest BCUT2D eigenvalue weighted by Gasteiger charge is -2.35. The van der Waals surface area contributed by atoms with Crippen LogP contribution in [0.2, 0.25) is 24.2 Å². The first-order valence-electron chi connectivity index (χ1n) is 9.13. The quantitative estimate of drug-likeness (QED) is 0.782. The molecule has 2 N–H and O–H groups in total. The standard InChI is InChI=1S/C18H23F2N3OSi/c1-11-15(19)16(20)13-10-14(23-17(13)21-11)18(24)22-12-4-8-25(9-5-12)6-2-3-7-25/h10,12H,2-9H2,1H3,(H,21,23)(H,22,24). The van der Waals surface area contributed by atoms with E-state index in [9.17, 15) is 13.6 Å². The maximum absolute atomic E-state index is 14.0. The minimum atomic E-state index is -0.998. The summed E-state index contributed by atoms with van der Waals surface area (Å²) in [7, 11) is -0.998. The van der Waals surface area contributed by atoms with Crippen LogP contribution in [-0.2, 0) is 0 Å². The van der Waals surface area contributed by atoms with E-state index >= 15 is 0 Å². The van der Waals surface area contributed by atoms with Crippen molar-refractivity contribution in [3.8, 4) is 0 Å². The molecule has 0 atom stereocenters. The molecule has 0 radical (unpaired) electrons. The second kappa shape index (κ2) is 6.19. The normalized spacial score (nSPS) is 20.4. The lowest BCUT2D eigenvalue weighted by Crippen LogP contribution is -2.43. The minimum Gasteiger partial charge on any atom is -0.348 e. The van der Waals surface area contributed by atoms with Crippen molar-refractivity contribution in [3.63, 3.8) is 0 Å². The number of halogens is 2. The summed E-state index contributed by atoms with van der Waals surface area (Å²) in [5, 5.41) is 3.08. The Morgan fingerprint density at radius 1 is 1.20 bits per heavy atom. The number of nitrogens with one attached hydrogen (secondary N) is 2. The van der Waals surface area contributed by atoms with Crippen LogP contribution in [0.3, 0.4) is 0 Å². The number of aromatic nitrogens is 2. The summed E-state index contributed by atoms with van der Waals surface area (Å²) in [5.74, 6) is -2.17. The highest BCUT2D eigenvalue weighted by atomic mass is 28.3. The van der Waals surface area contributed by atoms with Crippen molar-refractivity contribution < 1.29 is 13.6 Å². The van der Waals surface area contributed by atoms with Gasteiger partial charge in [-0.25, -0.2) is 13.8 Å². The monoisotopic (exact) mass is 363 g/mol. The van der Waals surface area contributed by atoms with Crippen LogP contribution < -0.4 is 5.32 Å². The average molecular weight is 363 g/mol. The Balaban J connectivity index is 1.46. The molecule has 2 aromatic rings. The van der Waals surface area contributed by atoms with Gasteiger partial charge in [-0.1, -0.05) is 37.0 Å². The fourth-order valence-electron chi connectivity index (χ4n) is 4.58. The molecule has 0 bridgehead atoms. The van der Waals surface area contributed by atoms with Crippen LogP contribution in [0.15, 0.2) is 6.07 Å². The number of hydrogen-bond acceptors (Lipinski definition) is 2. The van der Waals surface area contributed by atoms with E-state index in [4.69, 9.17) is 0 Å². The Kier molecular flexibility index (Phi) is 4.14. The fourth-order valence-corrected chi connectivity index (χ4v) is 10.00. The zero-order valence-electron chi connectivity index (χ0n) is 14.4. The van der Waals surface area contributed by atoms with Gasteiger partial charge in [-0.15, -0.1) is 0 Å². The van der Waals surface area contributed by atoms with Gasteiger partial charge in [0.1, 0.15) is 11.3 Å². The van der Waals surface area contributed by atoms with Crippen LogP contribution in [0.5, 0.6) is 0 Å². The van der Waals surface area contributed by atoms with E-state index in [1.165, 1.54) is 50.0 Å². The molecule has 4 nitrogen and oxygen atoms in total. The summed E-state index contributed by atoms with van der Waals surface area (Å²) in [6.07, 6.45) is 4.90. The Morgan fingerprint density at radius 2 is 1.88 bits per heavy atom. The molecule has 0 unspecified atom stereocenters. The molecule has 4 rings (SSSR count). The van der Waals surface area contributed by atoms with Crippen LogP contribution in [0.1, 0.15) is 41.9 Å². The molecule has 0 aromatic carbocycles. The summed E-state index contributed by atoms with van der Waals surface area (Å²) >= 11 is 0. The zero-order valence-corrected chi connectivity index (χ0v) is 15.4. The molecular weight excluding hydrogens is 340 g/mol. The van der Waals surface area contributed by atoms with Gasteiger partial charge < -0.3 is 10.3 Å². The Morgan fingerprint density at radius 3 is 2.56 bits per heavy atom. The van der Waals surface area contributed by atoms with E-state index in [1.54, 1.807) is 0 Å². The Hall–Kier alpha value is -1.76. The van der Waals surface area contributed by atoms with Crippen LogP contribution in [0.4, 0.5) is 8.78 Å². The van der Waals surface area contributed by atoms with E-state index in [0.717, 1.165) is 12.8 Å². The first-order chi connectivity index (χ1) is 12.0. The van der Waals surface area contributed by atoms with Crippen molar-refractivity contribution in [1.82, 2.24) is 15.3 Å². The SMILES string of the molecule is Cc1nc2[nH]c(C(=O)NC3CC[Si]4(CCCC4)CC3)cc2c(F)c1F. The van der Waals surface area contributed by atoms with Crippen LogP contribution in [-0.4, -0.2) is 30.0 Å². The molecule has 2 aliphatic rings. The molecule has 2 aliphatic heterocycles. The topological polar surface area (TPSA) is 57.8 Å². The molecule has 4 heterocycles. The van der Waals surface area contributed by atoms with Gasteiger partial charge in [0.25, 0.3) is 5.91 Å². The lowest BCUT2D eigenvalue weighted by molar-refractivity contribution is 0.0929. The van der Waals surface area contributed by atoms with Crippen LogP contribution in [0.25, 0.3) is 11.0 Å². The number of aromatic amines is 1. The maximum atomic E-state index is 14.0. The number of pyridine rings is 1. The number of aryl methyl sites for hydroxylation is 1. The van der Waals surface area contributed by atoms with Crippen molar-refractivity contribution in [1.29, 1.82) is 0 Å². The third-order valence-electron chi connectivity index (χ3n) is 6.11. The third kappa shape index (κ3) is 2.98. The van der Waals surface area contributed by atoms with Gasteiger partial charge in [-0.3, -0.25) is 4.79 Å². The molecule has 7 heteroatoms. The van der Waals surface area contributed by atoms with Crippen molar-refractivity contribution in [3.05, 3.63) is 29.1 Å². The first-order valence-corrected chi connectivity index (χ1v) is 12.0. The minimum absolute atomic E-state index is 0.0158. The van der Waals surface area contributed by atoms with E-state index in [0.29, 0.717) is 0 Å². The molecule has 134 valence electrons. The van der Waals surface area contributed by atoms with Gasteiger partial charge in [-0.2, -0.15) is 0 Å². The summed E-state index contributed by atoms with van der Waals surface area (Å²) in [4.78, 5) is 19.3. The fraction of sp³-hybridized carbons (Fsp3) is 0.556. The Bertz CT molecular complexity index is 819. The number of hydrogen-bond donors (Lipinski definition) is 2. The zero-order chi connectivity index (χ0) is 17.6.